The molecule has 1 heterocycles. The van der Waals surface area contributed by atoms with E-state index in [2.05, 4.69) is 5.32 Å². The maximum atomic E-state index is 13.6. The van der Waals surface area contributed by atoms with Crippen molar-refractivity contribution >= 4 is 16.1 Å². The zero-order valence-electron chi connectivity index (χ0n) is 22.5. The molecule has 0 unspecified atom stereocenters. The number of methoxy groups -OCH3 is 1. The van der Waals surface area contributed by atoms with Gasteiger partial charge in [-0.15, -0.1) is 0 Å². The number of halogens is 1. The Labute approximate surface area is 241 Å². The van der Waals surface area contributed by atoms with Gasteiger partial charge < -0.3 is 0 Å². The van der Waals surface area contributed by atoms with Gasteiger partial charge in [-0.2, -0.15) is 0 Å². The standard InChI is InChI=1S/C27H38IN2O8S/c1-20(2)16-30(39(33,34)24-13-11-22(35-3)12-14-24)17-25(31)26(28-21-8-5-4-6-9-21)29-27(32)38-23-10-7-15-36-19-37-18-23/h4-6,8-9,11-14,20,23,25-26,31H,7,10,15-19H2,1-3H3,(H,29,32)/q-1/t23-,25+,26+/m0/s1. The minimum absolute atomic E-state index is 0.00807. The van der Waals surface area contributed by atoms with Crippen molar-refractivity contribution in [3.8, 4) is 5.75 Å². The SMILES string of the molecule is COc1ccc(S(=O)(=O)N(CC(C)C)C[C@@H](O)[C@@H](NC(=O)O[C@H]2CCCOCOC2)[I-]c2ccccc2)cc1. The molecule has 0 bridgehead atoms. The Morgan fingerprint density at radius 2 is 1.85 bits per heavy atom. The summed E-state index contributed by atoms with van der Waals surface area (Å²) in [6.07, 6.45) is -0.944. The first kappa shape index (κ1) is 31.6. The van der Waals surface area contributed by atoms with Crippen molar-refractivity contribution in [3.63, 3.8) is 0 Å². The Balaban J connectivity index is 1.78. The van der Waals surface area contributed by atoms with Gasteiger partial charge in [0.05, 0.1) is 0 Å². The van der Waals surface area contributed by atoms with Crippen molar-refractivity contribution in [3.05, 3.63) is 58.2 Å². The topological polar surface area (TPSA) is 124 Å². The molecule has 2 aromatic carbocycles. The van der Waals surface area contributed by atoms with Crippen LogP contribution < -0.4 is 31.3 Å². The van der Waals surface area contributed by atoms with Crippen LogP contribution in [0.15, 0.2) is 59.5 Å². The van der Waals surface area contributed by atoms with Crippen LogP contribution in [0.1, 0.15) is 26.7 Å². The van der Waals surface area contributed by atoms with E-state index in [1.807, 2.05) is 44.2 Å². The number of hydrogen-bond acceptors (Lipinski definition) is 8. The van der Waals surface area contributed by atoms with Gasteiger partial charge in [0.1, 0.15) is 0 Å². The van der Waals surface area contributed by atoms with Crippen LogP contribution in [0.2, 0.25) is 0 Å². The fraction of sp³-hybridized carbons (Fsp3) is 0.519. The summed E-state index contributed by atoms with van der Waals surface area (Å²) >= 11 is -0.951. The van der Waals surface area contributed by atoms with Crippen LogP contribution in [0, 0.1) is 9.49 Å². The summed E-state index contributed by atoms with van der Waals surface area (Å²) < 4.78 is 50.1. The van der Waals surface area contributed by atoms with E-state index in [4.69, 9.17) is 18.9 Å². The molecule has 0 saturated carbocycles. The number of ether oxygens (including phenoxy) is 4. The van der Waals surface area contributed by atoms with Crippen molar-refractivity contribution in [1.82, 2.24) is 9.62 Å². The molecule has 39 heavy (non-hydrogen) atoms. The molecule has 2 N–H and O–H groups in total. The molecule has 0 spiro atoms. The third-order valence-corrected chi connectivity index (χ3v) is 10.9. The molecule has 1 fully saturated rings. The van der Waals surface area contributed by atoms with Crippen LogP contribution >= 0.6 is 0 Å². The van der Waals surface area contributed by atoms with E-state index in [-0.39, 0.29) is 37.3 Å². The number of carbonyl (C=O) groups is 1. The quantitative estimate of drug-likeness (QED) is 0.181. The molecule has 12 heteroatoms. The summed E-state index contributed by atoms with van der Waals surface area (Å²) in [6, 6.07) is 15.7. The van der Waals surface area contributed by atoms with E-state index in [0.29, 0.717) is 18.8 Å². The first-order chi connectivity index (χ1) is 18.7. The van der Waals surface area contributed by atoms with Crippen molar-refractivity contribution in [2.45, 2.75) is 47.8 Å². The molecule has 0 radical (unpaired) electrons. The summed E-state index contributed by atoms with van der Waals surface area (Å²) in [6.45, 7) is 4.73. The monoisotopic (exact) mass is 677 g/mol. The molecular weight excluding hydrogens is 639 g/mol. The summed E-state index contributed by atoms with van der Waals surface area (Å²) in [5, 5.41) is 14.2. The molecule has 2 aromatic rings. The first-order valence-corrected chi connectivity index (χ1v) is 16.6. The minimum atomic E-state index is -3.92. The first-order valence-electron chi connectivity index (χ1n) is 12.8. The van der Waals surface area contributed by atoms with E-state index >= 15 is 0 Å². The van der Waals surface area contributed by atoms with Crippen LogP contribution in [0.5, 0.6) is 5.75 Å². The fourth-order valence-electron chi connectivity index (χ4n) is 3.88. The van der Waals surface area contributed by atoms with Crippen LogP contribution in [-0.2, 0) is 24.2 Å². The van der Waals surface area contributed by atoms with E-state index in [1.54, 1.807) is 12.1 Å². The number of carbonyl (C=O) groups excluding carboxylic acids is 1. The van der Waals surface area contributed by atoms with Gasteiger partial charge in [-0.1, -0.05) is 0 Å². The third-order valence-electron chi connectivity index (χ3n) is 5.79. The molecule has 0 aliphatic carbocycles. The van der Waals surface area contributed by atoms with Gasteiger partial charge in [-0.25, -0.2) is 0 Å². The second-order valence-corrected chi connectivity index (χ2v) is 14.6. The average molecular weight is 678 g/mol. The molecule has 10 nitrogen and oxygen atoms in total. The Morgan fingerprint density at radius 1 is 1.13 bits per heavy atom. The molecular formula is C27H38IN2O8S-. The van der Waals surface area contributed by atoms with Gasteiger partial charge in [0.15, 0.2) is 0 Å². The van der Waals surface area contributed by atoms with Crippen molar-refractivity contribution < 1.29 is 58.5 Å². The predicted molar refractivity (Wildman–Crippen MR) is 141 cm³/mol. The number of nitrogens with one attached hydrogen (secondary N) is 1. The molecule has 1 saturated heterocycles. The van der Waals surface area contributed by atoms with Gasteiger partial charge in [0, 0.05) is 0 Å². The van der Waals surface area contributed by atoms with E-state index in [9.17, 15) is 18.3 Å². The van der Waals surface area contributed by atoms with Gasteiger partial charge in [-0.3, -0.25) is 0 Å². The van der Waals surface area contributed by atoms with Crippen molar-refractivity contribution in [1.29, 1.82) is 0 Å². The Morgan fingerprint density at radius 3 is 2.51 bits per heavy atom. The molecule has 1 aliphatic rings. The maximum absolute atomic E-state index is 13.6. The summed E-state index contributed by atoms with van der Waals surface area (Å²) in [5.41, 5.74) is 0. The van der Waals surface area contributed by atoms with Crippen molar-refractivity contribution in [2.24, 2.45) is 5.92 Å². The summed E-state index contributed by atoms with van der Waals surface area (Å²) in [5.74, 6) is 0.552. The number of amides is 1. The third kappa shape index (κ3) is 10.2. The number of hydrogen-bond donors (Lipinski definition) is 2. The number of alkyl carbamates (subject to hydrolysis) is 1. The Hall–Kier alpha value is -1.97. The van der Waals surface area contributed by atoms with Crippen LogP contribution in [0.25, 0.3) is 0 Å². The van der Waals surface area contributed by atoms with Crippen LogP contribution in [0.4, 0.5) is 4.79 Å². The number of nitrogens with zero attached hydrogens (tertiary/aromatic N) is 1. The number of aliphatic hydroxyl groups is 1. The molecule has 3 atom stereocenters. The van der Waals surface area contributed by atoms with E-state index < -0.39 is 53.6 Å². The summed E-state index contributed by atoms with van der Waals surface area (Å²) in [4.78, 5) is 13.0. The van der Waals surface area contributed by atoms with E-state index in [0.717, 1.165) is 9.99 Å². The molecule has 3 rings (SSSR count). The number of alkyl halides is 1. The van der Waals surface area contributed by atoms with Gasteiger partial charge in [0.25, 0.3) is 0 Å². The Bertz CT molecular complexity index is 1110. The molecule has 1 amide bonds. The zero-order chi connectivity index (χ0) is 28.3. The predicted octanol–water partition coefficient (Wildman–Crippen LogP) is -0.133. The fourth-order valence-corrected chi connectivity index (χ4v) is 8.16. The normalized spacial score (nSPS) is 18.3. The second kappa shape index (κ2) is 15.7. The van der Waals surface area contributed by atoms with Crippen LogP contribution in [0.3, 0.4) is 0 Å². The second-order valence-electron chi connectivity index (χ2n) is 9.48. The van der Waals surface area contributed by atoms with Crippen molar-refractivity contribution in [2.75, 3.05) is 40.2 Å². The molecule has 218 valence electrons. The molecule has 0 aromatic heterocycles. The van der Waals surface area contributed by atoms with Gasteiger partial charge >= 0.3 is 242 Å². The molecule has 1 aliphatic heterocycles. The Kier molecular flexibility index (Phi) is 12.7. The van der Waals surface area contributed by atoms with Gasteiger partial charge in [-0.05, 0) is 0 Å². The van der Waals surface area contributed by atoms with Gasteiger partial charge in [0.2, 0.25) is 0 Å². The van der Waals surface area contributed by atoms with Crippen LogP contribution in [-0.4, -0.2) is 80.4 Å². The number of sulfonamides is 1. The number of rotatable bonds is 12. The summed E-state index contributed by atoms with van der Waals surface area (Å²) in [7, 11) is -2.41. The number of aliphatic hydroxyl groups excluding tert-OH is 1. The average Bonchev–Trinajstić information content (AvgIpc) is 2.89. The number of benzene rings is 2. The van der Waals surface area contributed by atoms with E-state index in [1.165, 1.54) is 23.5 Å². The zero-order valence-corrected chi connectivity index (χ0v) is 25.5.